The normalized spacial score (nSPS) is 17.9. The number of nitrogens with one attached hydrogen (secondary N) is 2. The molecule has 74 valence electrons. The smallest absolute Gasteiger partial charge is 0.265 e. The second-order valence-electron chi connectivity index (χ2n) is 3.06. The molecule has 4 nitrogen and oxygen atoms in total. The lowest BCUT2D eigenvalue weighted by Crippen LogP contribution is -2.39. The molecular formula is C8H8N2O2S2. The van der Waals surface area contributed by atoms with Crippen LogP contribution in [0.3, 0.4) is 0 Å². The van der Waals surface area contributed by atoms with Crippen LogP contribution in [0.25, 0.3) is 0 Å². The number of rotatable bonds is 0. The molecule has 0 aliphatic carbocycles. The van der Waals surface area contributed by atoms with Crippen LogP contribution in [-0.4, -0.2) is 13.5 Å². The van der Waals surface area contributed by atoms with Crippen LogP contribution in [-0.2, 0) is 10.0 Å². The molecule has 0 aromatic heterocycles. The zero-order valence-electron chi connectivity index (χ0n) is 7.37. The van der Waals surface area contributed by atoms with Gasteiger partial charge in [0, 0.05) is 0 Å². The average Bonchev–Trinajstić information content (AvgIpc) is 2.05. The Morgan fingerprint density at radius 1 is 1.36 bits per heavy atom. The van der Waals surface area contributed by atoms with Crippen molar-refractivity contribution in [2.24, 2.45) is 0 Å². The standard InChI is InChI=1S/C8H8N2O2S2/c1-5-2-3-6-7(4-5)14(11,12)10-8(13)9-6/h2-4H,1H3,(H2,9,10,13). The Labute approximate surface area is 87.4 Å². The molecule has 1 aromatic rings. The molecule has 0 saturated carbocycles. The van der Waals surface area contributed by atoms with Crippen LogP contribution in [0.1, 0.15) is 5.56 Å². The first kappa shape index (κ1) is 9.42. The van der Waals surface area contributed by atoms with E-state index in [9.17, 15) is 8.42 Å². The first-order chi connectivity index (χ1) is 6.49. The third-order valence-corrected chi connectivity index (χ3v) is 3.62. The largest absolute Gasteiger partial charge is 0.331 e. The maximum Gasteiger partial charge on any atom is 0.265 e. The summed E-state index contributed by atoms with van der Waals surface area (Å²) in [5.74, 6) is 0. The Morgan fingerprint density at radius 2 is 2.07 bits per heavy atom. The molecule has 14 heavy (non-hydrogen) atoms. The fourth-order valence-corrected chi connectivity index (χ4v) is 2.87. The minimum Gasteiger partial charge on any atom is -0.331 e. The van der Waals surface area contributed by atoms with Crippen LogP contribution in [0.2, 0.25) is 0 Å². The van der Waals surface area contributed by atoms with Gasteiger partial charge >= 0.3 is 0 Å². The Kier molecular flexibility index (Phi) is 1.97. The zero-order valence-corrected chi connectivity index (χ0v) is 9.00. The summed E-state index contributed by atoms with van der Waals surface area (Å²) in [7, 11) is -3.47. The van der Waals surface area contributed by atoms with E-state index in [1.54, 1.807) is 12.1 Å². The van der Waals surface area contributed by atoms with Crippen molar-refractivity contribution in [3.8, 4) is 0 Å². The van der Waals surface area contributed by atoms with E-state index in [0.717, 1.165) is 5.56 Å². The fraction of sp³-hybridized carbons (Fsp3) is 0.125. The first-order valence-corrected chi connectivity index (χ1v) is 5.83. The molecule has 2 N–H and O–H groups in total. The van der Waals surface area contributed by atoms with E-state index in [4.69, 9.17) is 12.2 Å². The van der Waals surface area contributed by atoms with Crippen LogP contribution >= 0.6 is 12.2 Å². The molecule has 2 rings (SSSR count). The average molecular weight is 228 g/mol. The fourth-order valence-electron chi connectivity index (χ4n) is 1.28. The number of thiocarbonyl (C=S) groups is 1. The predicted octanol–water partition coefficient (Wildman–Crippen LogP) is 0.984. The van der Waals surface area contributed by atoms with E-state index in [1.165, 1.54) is 0 Å². The van der Waals surface area contributed by atoms with Gasteiger partial charge in [-0.05, 0) is 36.8 Å². The number of benzene rings is 1. The van der Waals surface area contributed by atoms with Crippen LogP contribution < -0.4 is 10.0 Å². The van der Waals surface area contributed by atoms with Crippen molar-refractivity contribution in [1.29, 1.82) is 0 Å². The van der Waals surface area contributed by atoms with Crippen LogP contribution in [0.5, 0.6) is 0 Å². The highest BCUT2D eigenvalue weighted by atomic mass is 32.2. The molecule has 0 spiro atoms. The molecule has 0 atom stereocenters. The molecule has 0 saturated heterocycles. The Balaban J connectivity index is 2.71. The number of sulfonamides is 1. The van der Waals surface area contributed by atoms with E-state index in [0.29, 0.717) is 5.69 Å². The molecule has 0 amide bonds. The second-order valence-corrected chi connectivity index (χ2v) is 5.12. The van der Waals surface area contributed by atoms with Gasteiger partial charge in [0.2, 0.25) is 0 Å². The van der Waals surface area contributed by atoms with Crippen molar-refractivity contribution in [3.05, 3.63) is 23.8 Å². The molecular weight excluding hydrogens is 220 g/mol. The Hall–Kier alpha value is -1.14. The summed E-state index contributed by atoms with van der Waals surface area (Å²) in [6.45, 7) is 1.84. The molecule has 0 bridgehead atoms. The highest BCUT2D eigenvalue weighted by Gasteiger charge is 2.25. The quantitative estimate of drug-likeness (QED) is 0.650. The SMILES string of the molecule is Cc1ccc2c(c1)S(=O)(=O)NC(=S)N2. The van der Waals surface area contributed by atoms with Crippen molar-refractivity contribution in [2.75, 3.05) is 5.32 Å². The van der Waals surface area contributed by atoms with Crippen LogP contribution in [0, 0.1) is 6.92 Å². The lowest BCUT2D eigenvalue weighted by Gasteiger charge is -2.20. The van der Waals surface area contributed by atoms with Crippen LogP contribution in [0.15, 0.2) is 23.1 Å². The number of aryl methyl sites for hydroxylation is 1. The summed E-state index contributed by atoms with van der Waals surface area (Å²) in [5.41, 5.74) is 1.42. The van der Waals surface area contributed by atoms with Gasteiger partial charge in [-0.3, -0.25) is 4.72 Å². The summed E-state index contributed by atoms with van der Waals surface area (Å²) in [4.78, 5) is 0.242. The number of fused-ring (bicyclic) bond motifs is 1. The van der Waals surface area contributed by atoms with Gasteiger partial charge in [-0.1, -0.05) is 6.07 Å². The van der Waals surface area contributed by atoms with Gasteiger partial charge in [0.15, 0.2) is 5.11 Å². The van der Waals surface area contributed by atoms with Gasteiger partial charge in [-0.25, -0.2) is 8.42 Å². The molecule has 0 fully saturated rings. The monoisotopic (exact) mass is 228 g/mol. The van der Waals surface area contributed by atoms with Gasteiger partial charge in [0.1, 0.15) is 4.90 Å². The van der Waals surface area contributed by atoms with Crippen LogP contribution in [0.4, 0.5) is 5.69 Å². The van der Waals surface area contributed by atoms with E-state index < -0.39 is 10.0 Å². The molecule has 6 heteroatoms. The topological polar surface area (TPSA) is 58.2 Å². The molecule has 1 aliphatic heterocycles. The lowest BCUT2D eigenvalue weighted by molar-refractivity contribution is 0.592. The molecule has 1 heterocycles. The molecule has 1 aromatic carbocycles. The molecule has 1 aliphatic rings. The summed E-state index contributed by atoms with van der Waals surface area (Å²) in [6, 6.07) is 5.14. The van der Waals surface area contributed by atoms with Crippen molar-refractivity contribution < 1.29 is 8.42 Å². The molecule has 0 unspecified atom stereocenters. The van der Waals surface area contributed by atoms with E-state index >= 15 is 0 Å². The van der Waals surface area contributed by atoms with Gasteiger partial charge in [-0.15, -0.1) is 0 Å². The lowest BCUT2D eigenvalue weighted by atomic mass is 10.2. The highest BCUT2D eigenvalue weighted by molar-refractivity contribution is 7.92. The van der Waals surface area contributed by atoms with E-state index in [2.05, 4.69) is 10.0 Å². The minimum absolute atomic E-state index is 0.112. The van der Waals surface area contributed by atoms with Crippen molar-refractivity contribution in [3.63, 3.8) is 0 Å². The number of anilines is 1. The van der Waals surface area contributed by atoms with Gasteiger partial charge in [-0.2, -0.15) is 0 Å². The summed E-state index contributed by atoms with van der Waals surface area (Å²) in [6.07, 6.45) is 0. The van der Waals surface area contributed by atoms with Crippen molar-refractivity contribution >= 4 is 33.0 Å². The van der Waals surface area contributed by atoms with E-state index in [1.807, 2.05) is 13.0 Å². The third-order valence-electron chi connectivity index (χ3n) is 1.90. The minimum atomic E-state index is -3.47. The predicted molar refractivity (Wildman–Crippen MR) is 57.7 cm³/mol. The van der Waals surface area contributed by atoms with Gasteiger partial charge in [0.25, 0.3) is 10.0 Å². The summed E-state index contributed by atoms with van der Waals surface area (Å²) in [5, 5.41) is 2.90. The first-order valence-electron chi connectivity index (χ1n) is 3.93. The van der Waals surface area contributed by atoms with Gasteiger partial charge < -0.3 is 5.32 Å². The van der Waals surface area contributed by atoms with Crippen molar-refractivity contribution in [2.45, 2.75) is 11.8 Å². The number of hydrogen-bond acceptors (Lipinski definition) is 3. The van der Waals surface area contributed by atoms with E-state index in [-0.39, 0.29) is 10.0 Å². The van der Waals surface area contributed by atoms with Gasteiger partial charge in [0.05, 0.1) is 5.69 Å². The summed E-state index contributed by atoms with van der Waals surface area (Å²) >= 11 is 4.76. The summed E-state index contributed by atoms with van der Waals surface area (Å²) < 4.78 is 25.4. The Bertz CT molecular complexity index is 508. The Morgan fingerprint density at radius 3 is 2.79 bits per heavy atom. The van der Waals surface area contributed by atoms with Crippen molar-refractivity contribution in [1.82, 2.24) is 4.72 Å². The second kappa shape index (κ2) is 2.93. The maximum atomic E-state index is 11.6. The molecule has 0 radical (unpaired) electrons. The zero-order chi connectivity index (χ0) is 10.3. The number of hydrogen-bond donors (Lipinski definition) is 2. The third kappa shape index (κ3) is 1.46. The highest BCUT2D eigenvalue weighted by Crippen LogP contribution is 2.25. The maximum absolute atomic E-state index is 11.6.